The highest BCUT2D eigenvalue weighted by Crippen LogP contribution is 2.32. The molecule has 2 aromatic carbocycles. The third-order valence-corrected chi connectivity index (χ3v) is 6.06. The van der Waals surface area contributed by atoms with Crippen LogP contribution in [0.25, 0.3) is 11.0 Å². The number of para-hydroxylation sites is 2. The number of aromatic amines is 1. The van der Waals surface area contributed by atoms with Crippen molar-refractivity contribution in [3.05, 3.63) is 58.5 Å². The zero-order valence-electron chi connectivity index (χ0n) is 19.1. The molecule has 188 valence electrons. The van der Waals surface area contributed by atoms with E-state index in [2.05, 4.69) is 15.2 Å². The fourth-order valence-electron chi connectivity index (χ4n) is 4.45. The first-order valence-corrected chi connectivity index (χ1v) is 11.3. The number of carbonyl (C=O) groups is 1. The number of amides is 1. The van der Waals surface area contributed by atoms with Crippen LogP contribution in [0.4, 0.5) is 18.9 Å². The monoisotopic (exact) mass is 492 g/mol. The molecule has 1 fully saturated rings. The predicted octanol–water partition coefficient (Wildman–Crippen LogP) is 3.38. The number of halogens is 3. The molecule has 8 nitrogen and oxygen atoms in total. The van der Waals surface area contributed by atoms with Gasteiger partial charge in [0.25, 0.3) is 0 Å². The molecule has 1 aliphatic heterocycles. The number of aliphatic hydroxyl groups excluding tert-OH is 1. The highest BCUT2D eigenvalue weighted by molar-refractivity contribution is 5.90. The van der Waals surface area contributed by atoms with Gasteiger partial charge in [0.15, 0.2) is 0 Å². The van der Waals surface area contributed by atoms with Crippen LogP contribution in [0.2, 0.25) is 0 Å². The maximum Gasteiger partial charge on any atom is 0.416 e. The number of anilines is 1. The minimum atomic E-state index is -4.48. The van der Waals surface area contributed by atoms with Crippen molar-refractivity contribution in [1.29, 1.82) is 0 Å². The van der Waals surface area contributed by atoms with E-state index in [0.29, 0.717) is 49.4 Å². The Hall–Kier alpha value is -3.31. The Balaban J connectivity index is 1.33. The van der Waals surface area contributed by atoms with Crippen LogP contribution in [0.1, 0.15) is 31.4 Å². The molecular weight excluding hydrogens is 465 g/mol. The third-order valence-electron chi connectivity index (χ3n) is 6.06. The molecule has 1 unspecified atom stereocenters. The van der Waals surface area contributed by atoms with Gasteiger partial charge in [0.05, 0.1) is 22.3 Å². The molecule has 0 aliphatic carbocycles. The highest BCUT2D eigenvalue weighted by Gasteiger charge is 2.31. The van der Waals surface area contributed by atoms with Crippen molar-refractivity contribution in [2.45, 2.75) is 38.1 Å². The Morgan fingerprint density at radius 2 is 1.94 bits per heavy atom. The lowest BCUT2D eigenvalue weighted by atomic mass is 10.0. The van der Waals surface area contributed by atoms with E-state index in [1.807, 2.05) is 0 Å². The number of nitrogens with one attached hydrogen (secondary N) is 2. The molecule has 4 rings (SSSR count). The smallest absolute Gasteiger partial charge is 0.416 e. The van der Waals surface area contributed by atoms with Gasteiger partial charge in [0, 0.05) is 32.6 Å². The maximum atomic E-state index is 13.0. The first-order chi connectivity index (χ1) is 16.6. The largest absolute Gasteiger partial charge is 0.489 e. The van der Waals surface area contributed by atoms with E-state index < -0.39 is 23.5 Å². The molecule has 35 heavy (non-hydrogen) atoms. The summed E-state index contributed by atoms with van der Waals surface area (Å²) < 4.78 is 46.2. The second-order valence-corrected chi connectivity index (χ2v) is 8.70. The van der Waals surface area contributed by atoms with Gasteiger partial charge in [-0.05, 0) is 43.2 Å². The summed E-state index contributed by atoms with van der Waals surface area (Å²) >= 11 is 0. The standard InChI is InChI=1S/C24H27F3N4O4/c1-15(32)28-19-4-2-3-5-22(19)35-14-18(33)13-30-10-8-17(9-11-30)31-21-7-6-16(24(25,26)27)12-20(21)29-23(31)34/h2-7,12,17-18,33H,8-11,13-14H2,1H3,(H,28,32)(H,29,34). The normalized spacial score (nSPS) is 16.4. The molecule has 1 aromatic heterocycles. The van der Waals surface area contributed by atoms with Crippen molar-refractivity contribution in [2.24, 2.45) is 0 Å². The molecule has 1 amide bonds. The lowest BCUT2D eigenvalue weighted by Crippen LogP contribution is -2.42. The fourth-order valence-corrected chi connectivity index (χ4v) is 4.45. The van der Waals surface area contributed by atoms with Gasteiger partial charge in [0.1, 0.15) is 18.5 Å². The van der Waals surface area contributed by atoms with Gasteiger partial charge >= 0.3 is 11.9 Å². The van der Waals surface area contributed by atoms with Crippen molar-refractivity contribution >= 4 is 22.6 Å². The Labute approximate surface area is 199 Å². The predicted molar refractivity (Wildman–Crippen MR) is 125 cm³/mol. The summed E-state index contributed by atoms with van der Waals surface area (Å²) in [5, 5.41) is 13.1. The summed E-state index contributed by atoms with van der Waals surface area (Å²) in [5.74, 6) is 0.243. The number of alkyl halides is 3. The van der Waals surface area contributed by atoms with Gasteiger partial charge < -0.3 is 25.0 Å². The summed E-state index contributed by atoms with van der Waals surface area (Å²) in [7, 11) is 0. The highest BCUT2D eigenvalue weighted by atomic mass is 19.4. The Bertz CT molecular complexity index is 1250. The van der Waals surface area contributed by atoms with E-state index in [-0.39, 0.29) is 24.1 Å². The molecule has 3 aromatic rings. The number of aromatic nitrogens is 2. The quantitative estimate of drug-likeness (QED) is 0.470. The summed E-state index contributed by atoms with van der Waals surface area (Å²) in [6, 6.07) is 10.1. The second-order valence-electron chi connectivity index (χ2n) is 8.70. The SMILES string of the molecule is CC(=O)Nc1ccccc1OCC(O)CN1CCC(n2c(=O)[nH]c3cc(C(F)(F)F)ccc32)CC1. The van der Waals surface area contributed by atoms with Crippen molar-refractivity contribution in [3.8, 4) is 5.75 Å². The summed E-state index contributed by atoms with van der Waals surface area (Å²) in [5.41, 5.74) is -0.0835. The number of hydrogen-bond donors (Lipinski definition) is 3. The lowest BCUT2D eigenvalue weighted by molar-refractivity contribution is -0.137. The summed E-state index contributed by atoms with van der Waals surface area (Å²) in [6.45, 7) is 3.04. The van der Waals surface area contributed by atoms with Crippen molar-refractivity contribution in [2.75, 3.05) is 31.6 Å². The summed E-state index contributed by atoms with van der Waals surface area (Å²) in [4.78, 5) is 28.4. The molecule has 11 heteroatoms. The van der Waals surface area contributed by atoms with Crippen LogP contribution in [0.5, 0.6) is 5.75 Å². The molecular formula is C24H27F3N4O4. The number of H-pyrrole nitrogens is 1. The van der Waals surface area contributed by atoms with E-state index in [4.69, 9.17) is 4.74 Å². The molecule has 1 aliphatic rings. The average Bonchev–Trinajstić information content (AvgIpc) is 3.13. The van der Waals surface area contributed by atoms with Crippen LogP contribution in [0.15, 0.2) is 47.3 Å². The second kappa shape index (κ2) is 10.1. The molecule has 1 atom stereocenters. The molecule has 0 bridgehead atoms. The number of β-amino-alcohol motifs (C(OH)–C–C–N with tert-alkyl or cyclic N) is 1. The average molecular weight is 492 g/mol. The van der Waals surface area contributed by atoms with Crippen LogP contribution in [0, 0.1) is 0 Å². The number of hydrogen-bond acceptors (Lipinski definition) is 5. The number of piperidine rings is 1. The minimum Gasteiger partial charge on any atom is -0.489 e. The topological polar surface area (TPSA) is 99.6 Å². The zero-order valence-corrected chi connectivity index (χ0v) is 19.1. The Morgan fingerprint density at radius 1 is 1.23 bits per heavy atom. The number of ether oxygens (including phenoxy) is 1. The van der Waals surface area contributed by atoms with Crippen LogP contribution < -0.4 is 15.7 Å². The number of carbonyl (C=O) groups excluding carboxylic acids is 1. The Morgan fingerprint density at radius 3 is 2.63 bits per heavy atom. The van der Waals surface area contributed by atoms with Gasteiger partial charge in [-0.2, -0.15) is 13.2 Å². The van der Waals surface area contributed by atoms with Crippen LogP contribution in [0.3, 0.4) is 0 Å². The van der Waals surface area contributed by atoms with Gasteiger partial charge in [0.2, 0.25) is 5.91 Å². The van der Waals surface area contributed by atoms with E-state index in [1.165, 1.54) is 17.6 Å². The van der Waals surface area contributed by atoms with Gasteiger partial charge in [-0.3, -0.25) is 9.36 Å². The van der Waals surface area contributed by atoms with E-state index in [0.717, 1.165) is 12.1 Å². The van der Waals surface area contributed by atoms with Crippen LogP contribution in [-0.2, 0) is 11.0 Å². The number of likely N-dealkylation sites (tertiary alicyclic amines) is 1. The molecule has 0 saturated carbocycles. The minimum absolute atomic E-state index is 0.0416. The van der Waals surface area contributed by atoms with E-state index in [1.54, 1.807) is 24.3 Å². The number of aliphatic hydroxyl groups is 1. The van der Waals surface area contributed by atoms with Crippen molar-refractivity contribution in [1.82, 2.24) is 14.5 Å². The molecule has 0 spiro atoms. The lowest BCUT2D eigenvalue weighted by Gasteiger charge is -2.33. The number of benzene rings is 2. The third kappa shape index (κ3) is 5.85. The van der Waals surface area contributed by atoms with Gasteiger partial charge in [-0.15, -0.1) is 0 Å². The van der Waals surface area contributed by atoms with Crippen molar-refractivity contribution in [3.63, 3.8) is 0 Å². The number of nitrogens with zero attached hydrogens (tertiary/aromatic N) is 2. The molecule has 0 radical (unpaired) electrons. The molecule has 1 saturated heterocycles. The molecule has 2 heterocycles. The van der Waals surface area contributed by atoms with Crippen LogP contribution in [-0.4, -0.2) is 57.8 Å². The number of imidazole rings is 1. The van der Waals surface area contributed by atoms with E-state index in [9.17, 15) is 27.9 Å². The number of rotatable bonds is 7. The Kier molecular flexibility index (Phi) is 7.18. The maximum absolute atomic E-state index is 13.0. The number of fused-ring (bicyclic) bond motifs is 1. The first kappa shape index (κ1) is 24.8. The van der Waals surface area contributed by atoms with Gasteiger partial charge in [-0.1, -0.05) is 12.1 Å². The summed E-state index contributed by atoms with van der Waals surface area (Å²) in [6.07, 6.45) is -4.01. The zero-order chi connectivity index (χ0) is 25.2. The molecule has 3 N–H and O–H groups in total. The van der Waals surface area contributed by atoms with Crippen molar-refractivity contribution < 1.29 is 27.8 Å². The van der Waals surface area contributed by atoms with Crippen LogP contribution >= 0.6 is 0 Å². The van der Waals surface area contributed by atoms with E-state index >= 15 is 0 Å². The fraction of sp³-hybridized carbons (Fsp3) is 0.417. The van der Waals surface area contributed by atoms with Gasteiger partial charge in [-0.25, -0.2) is 4.79 Å². The first-order valence-electron chi connectivity index (χ1n) is 11.3.